The molecule has 2 N–H and O–H groups in total. The average molecular weight is 423 g/mol. The molecule has 1 heterocycles. The topological polar surface area (TPSA) is 88.4 Å². The van der Waals surface area contributed by atoms with Gasteiger partial charge in [-0.1, -0.05) is 28.1 Å². The molecule has 0 atom stereocenters. The lowest BCUT2D eigenvalue weighted by Crippen LogP contribution is -2.20. The summed E-state index contributed by atoms with van der Waals surface area (Å²) in [6.07, 6.45) is 0. The van der Waals surface area contributed by atoms with Gasteiger partial charge < -0.3 is 9.73 Å². The monoisotopic (exact) mass is 422 g/mol. The van der Waals surface area contributed by atoms with E-state index in [1.165, 1.54) is 12.1 Å². The lowest BCUT2D eigenvalue weighted by molar-refractivity contribution is 0.563. The van der Waals surface area contributed by atoms with E-state index in [9.17, 15) is 13.2 Å². The van der Waals surface area contributed by atoms with Crippen molar-refractivity contribution in [2.45, 2.75) is 11.8 Å². The second-order valence-electron chi connectivity index (χ2n) is 5.23. The summed E-state index contributed by atoms with van der Waals surface area (Å²) in [5.41, 5.74) is -0.108. The fourth-order valence-corrected chi connectivity index (χ4v) is 3.74. The van der Waals surface area contributed by atoms with E-state index in [-0.39, 0.29) is 10.6 Å². The van der Waals surface area contributed by atoms with Crippen molar-refractivity contribution in [1.82, 2.24) is 0 Å². The van der Waals surface area contributed by atoms with E-state index in [1.54, 1.807) is 36.4 Å². The molecule has 3 rings (SSSR count). The van der Waals surface area contributed by atoms with Crippen LogP contribution in [0.15, 0.2) is 67.1 Å². The van der Waals surface area contributed by atoms with Crippen molar-refractivity contribution in [3.8, 4) is 0 Å². The van der Waals surface area contributed by atoms with E-state index in [0.29, 0.717) is 23.2 Å². The highest BCUT2D eigenvalue weighted by Gasteiger charge is 2.21. The smallest absolute Gasteiger partial charge is 0.363 e. The summed E-state index contributed by atoms with van der Waals surface area (Å²) >= 11 is 3.26. The summed E-state index contributed by atoms with van der Waals surface area (Å²) in [6.45, 7) is 2.37. The van der Waals surface area contributed by atoms with Gasteiger partial charge in [0.25, 0.3) is 10.0 Å². The second kappa shape index (κ2) is 6.89. The Labute approximate surface area is 153 Å². The van der Waals surface area contributed by atoms with Crippen LogP contribution in [0.4, 0.5) is 11.4 Å². The summed E-state index contributed by atoms with van der Waals surface area (Å²) in [5, 5.41) is 3.67. The molecular weight excluding hydrogens is 408 g/mol. The third kappa shape index (κ3) is 3.54. The van der Waals surface area contributed by atoms with Crippen molar-refractivity contribution in [3.05, 3.63) is 63.4 Å². The lowest BCUT2D eigenvalue weighted by atomic mass is 10.2. The SMILES string of the molecule is CCNc1c(NS(=O)(=O)c2ccc(Br)cc2)c(=O)oc2ccccc12. The standard InChI is InChI=1S/C17H15BrN2O4S/c1-2-19-15-13-5-3-4-6-14(13)24-17(21)16(15)20-25(22,23)12-9-7-11(18)8-10-12/h3-10,19-20H,2H2,1H3. The zero-order valence-corrected chi connectivity index (χ0v) is 15.6. The minimum Gasteiger partial charge on any atom is -0.421 e. The first kappa shape index (κ1) is 17.5. The highest BCUT2D eigenvalue weighted by molar-refractivity contribution is 9.10. The second-order valence-corrected chi connectivity index (χ2v) is 7.82. The Morgan fingerprint density at radius 3 is 2.40 bits per heavy atom. The van der Waals surface area contributed by atoms with E-state index in [1.807, 2.05) is 6.92 Å². The molecule has 0 unspecified atom stereocenters. The predicted molar refractivity (Wildman–Crippen MR) is 102 cm³/mol. The minimum atomic E-state index is -3.93. The molecule has 25 heavy (non-hydrogen) atoms. The van der Waals surface area contributed by atoms with Gasteiger partial charge in [0.2, 0.25) is 0 Å². The molecule has 0 spiro atoms. The van der Waals surface area contributed by atoms with E-state index in [0.717, 1.165) is 4.47 Å². The maximum Gasteiger partial charge on any atom is 0.363 e. The van der Waals surface area contributed by atoms with E-state index >= 15 is 0 Å². The molecule has 0 aliphatic carbocycles. The number of fused-ring (bicyclic) bond motifs is 1. The summed E-state index contributed by atoms with van der Waals surface area (Å²) in [5.74, 6) is 0. The van der Waals surface area contributed by atoms with Gasteiger partial charge in [-0.05, 0) is 43.3 Å². The maximum absolute atomic E-state index is 12.6. The van der Waals surface area contributed by atoms with Crippen LogP contribution in [-0.2, 0) is 10.0 Å². The van der Waals surface area contributed by atoms with Gasteiger partial charge in [-0.3, -0.25) is 4.72 Å². The van der Waals surface area contributed by atoms with Crippen LogP contribution in [0.25, 0.3) is 11.0 Å². The Bertz CT molecular complexity index is 1080. The first-order chi connectivity index (χ1) is 11.9. The van der Waals surface area contributed by atoms with Gasteiger partial charge in [0.1, 0.15) is 5.58 Å². The van der Waals surface area contributed by atoms with Gasteiger partial charge in [0.15, 0.2) is 5.69 Å². The third-order valence-corrected chi connectivity index (χ3v) is 5.42. The van der Waals surface area contributed by atoms with Crippen molar-refractivity contribution >= 4 is 48.3 Å². The Morgan fingerprint density at radius 1 is 1.04 bits per heavy atom. The van der Waals surface area contributed by atoms with Gasteiger partial charge in [0.05, 0.1) is 10.6 Å². The van der Waals surface area contributed by atoms with Crippen LogP contribution in [-0.4, -0.2) is 15.0 Å². The van der Waals surface area contributed by atoms with Gasteiger partial charge in [-0.25, -0.2) is 13.2 Å². The number of sulfonamides is 1. The molecule has 2 aromatic carbocycles. The summed E-state index contributed by atoms with van der Waals surface area (Å²) in [6, 6.07) is 13.1. The molecule has 0 bridgehead atoms. The van der Waals surface area contributed by atoms with Crippen molar-refractivity contribution in [1.29, 1.82) is 0 Å². The number of hydrogen-bond donors (Lipinski definition) is 2. The van der Waals surface area contributed by atoms with Crippen LogP contribution in [0.5, 0.6) is 0 Å². The fraction of sp³-hybridized carbons (Fsp3) is 0.118. The van der Waals surface area contributed by atoms with Gasteiger partial charge in [0, 0.05) is 16.4 Å². The molecule has 0 fully saturated rings. The summed E-state index contributed by atoms with van der Waals surface area (Å²) in [4.78, 5) is 12.4. The first-order valence-corrected chi connectivity index (χ1v) is 9.78. The van der Waals surface area contributed by atoms with Crippen molar-refractivity contribution in [2.75, 3.05) is 16.6 Å². The number of nitrogens with one attached hydrogen (secondary N) is 2. The van der Waals surface area contributed by atoms with Gasteiger partial charge >= 0.3 is 5.63 Å². The van der Waals surface area contributed by atoms with Crippen LogP contribution in [0.3, 0.4) is 0 Å². The van der Waals surface area contributed by atoms with Crippen LogP contribution in [0.2, 0.25) is 0 Å². The largest absolute Gasteiger partial charge is 0.421 e. The molecule has 0 saturated carbocycles. The van der Waals surface area contributed by atoms with Crippen molar-refractivity contribution in [3.63, 3.8) is 0 Å². The molecule has 0 aliphatic heterocycles. The van der Waals surface area contributed by atoms with Crippen LogP contribution >= 0.6 is 15.9 Å². The highest BCUT2D eigenvalue weighted by atomic mass is 79.9. The lowest BCUT2D eigenvalue weighted by Gasteiger charge is -2.14. The highest BCUT2D eigenvalue weighted by Crippen LogP contribution is 2.30. The predicted octanol–water partition coefficient (Wildman–Crippen LogP) is 3.79. The van der Waals surface area contributed by atoms with Crippen molar-refractivity contribution in [2.24, 2.45) is 0 Å². The summed E-state index contributed by atoms with van der Waals surface area (Å²) < 4.78 is 33.6. The maximum atomic E-state index is 12.6. The van der Waals surface area contributed by atoms with E-state index in [4.69, 9.17) is 4.42 Å². The Kier molecular flexibility index (Phi) is 4.82. The number of para-hydroxylation sites is 1. The molecule has 3 aromatic rings. The zero-order chi connectivity index (χ0) is 18.0. The average Bonchev–Trinajstić information content (AvgIpc) is 2.58. The molecule has 0 radical (unpaired) electrons. The quantitative estimate of drug-likeness (QED) is 0.610. The molecule has 0 saturated heterocycles. The van der Waals surface area contributed by atoms with Gasteiger partial charge in [-0.2, -0.15) is 0 Å². The van der Waals surface area contributed by atoms with E-state index < -0.39 is 15.6 Å². The van der Waals surface area contributed by atoms with Crippen LogP contribution in [0.1, 0.15) is 6.92 Å². The molecule has 0 aliphatic rings. The minimum absolute atomic E-state index is 0.0470. The molecule has 6 nitrogen and oxygen atoms in total. The van der Waals surface area contributed by atoms with Crippen molar-refractivity contribution < 1.29 is 12.8 Å². The van der Waals surface area contributed by atoms with E-state index in [2.05, 4.69) is 26.0 Å². The summed E-state index contributed by atoms with van der Waals surface area (Å²) in [7, 11) is -3.93. The number of halogens is 1. The van der Waals surface area contributed by atoms with Gasteiger partial charge in [-0.15, -0.1) is 0 Å². The molecule has 0 amide bonds. The zero-order valence-electron chi connectivity index (χ0n) is 13.2. The Morgan fingerprint density at radius 2 is 1.72 bits per heavy atom. The molecule has 8 heteroatoms. The van der Waals surface area contributed by atoms with Crippen LogP contribution < -0.4 is 15.7 Å². The molecular formula is C17H15BrN2O4S. The number of anilines is 2. The first-order valence-electron chi connectivity index (χ1n) is 7.50. The van der Waals surface area contributed by atoms with Crippen LogP contribution in [0, 0.1) is 0 Å². The normalized spacial score (nSPS) is 11.4. The number of rotatable bonds is 5. The third-order valence-electron chi connectivity index (χ3n) is 3.53. The molecule has 1 aromatic heterocycles. The molecule has 130 valence electrons. The fourth-order valence-electron chi connectivity index (χ4n) is 2.41. The Hall–Kier alpha value is -2.32. The number of hydrogen-bond acceptors (Lipinski definition) is 5. The number of benzene rings is 2. The Balaban J connectivity index is 2.15.